The molecule has 1 aromatic rings. The monoisotopic (exact) mass is 181 g/mol. The number of allylic oxidation sites excluding steroid dienone is 6. The molecule has 0 atom stereocenters. The van der Waals surface area contributed by atoms with Gasteiger partial charge >= 0.3 is 0 Å². The molecule has 0 bridgehead atoms. The van der Waals surface area contributed by atoms with Crippen LogP contribution >= 0.6 is 0 Å². The molecule has 0 aromatic heterocycles. The molecule has 69 valence electrons. The van der Waals surface area contributed by atoms with Gasteiger partial charge in [-0.1, -0.05) is 55.5 Å². The summed E-state index contributed by atoms with van der Waals surface area (Å²) in [5, 5.41) is 0. The Morgan fingerprint density at radius 3 is 2.64 bits per heavy atom. The molecule has 0 saturated heterocycles. The standard InChI is InChI=1S/C14H13/c1-2-6-12-9-10-14(11-12)13-7-4-3-5-8-13/h3-10H,2H2,1H3. The van der Waals surface area contributed by atoms with Gasteiger partial charge in [-0.2, -0.15) is 0 Å². The second-order valence-corrected chi connectivity index (χ2v) is 3.31. The molecule has 0 spiro atoms. The van der Waals surface area contributed by atoms with E-state index in [1.165, 1.54) is 16.7 Å². The third-order valence-electron chi connectivity index (χ3n) is 2.22. The zero-order valence-electron chi connectivity index (χ0n) is 8.33. The van der Waals surface area contributed by atoms with Gasteiger partial charge in [0.2, 0.25) is 0 Å². The second kappa shape index (κ2) is 4.10. The van der Waals surface area contributed by atoms with Crippen LogP contribution in [0.1, 0.15) is 18.9 Å². The van der Waals surface area contributed by atoms with Crippen LogP contribution in [-0.2, 0) is 0 Å². The summed E-state index contributed by atoms with van der Waals surface area (Å²) in [5.74, 6) is 0. The van der Waals surface area contributed by atoms with Crippen LogP contribution in [0.15, 0.2) is 54.1 Å². The van der Waals surface area contributed by atoms with Crippen LogP contribution < -0.4 is 0 Å². The zero-order valence-corrected chi connectivity index (χ0v) is 8.33. The Kier molecular flexibility index (Phi) is 2.64. The molecule has 2 rings (SSSR count). The molecule has 0 heterocycles. The first-order chi connectivity index (χ1) is 6.90. The van der Waals surface area contributed by atoms with Gasteiger partial charge in [-0.25, -0.2) is 0 Å². The van der Waals surface area contributed by atoms with Crippen molar-refractivity contribution in [1.29, 1.82) is 0 Å². The van der Waals surface area contributed by atoms with E-state index in [4.69, 9.17) is 0 Å². The second-order valence-electron chi connectivity index (χ2n) is 3.31. The number of rotatable bonds is 2. The minimum atomic E-state index is 1.06. The van der Waals surface area contributed by atoms with Crippen molar-refractivity contribution >= 4 is 5.57 Å². The highest BCUT2D eigenvalue weighted by atomic mass is 14.1. The predicted octanol–water partition coefficient (Wildman–Crippen LogP) is 3.78. The first-order valence-electron chi connectivity index (χ1n) is 4.98. The maximum atomic E-state index is 3.37. The molecule has 1 radical (unpaired) electrons. The molecule has 0 fully saturated rings. The van der Waals surface area contributed by atoms with Crippen molar-refractivity contribution in [2.24, 2.45) is 0 Å². The van der Waals surface area contributed by atoms with E-state index in [1.807, 2.05) is 6.07 Å². The largest absolute Gasteiger partial charge is 0.0769 e. The first-order valence-corrected chi connectivity index (χ1v) is 4.98. The lowest BCUT2D eigenvalue weighted by Crippen LogP contribution is -1.76. The summed E-state index contributed by atoms with van der Waals surface area (Å²) in [6.07, 6.45) is 10.9. The van der Waals surface area contributed by atoms with E-state index >= 15 is 0 Å². The summed E-state index contributed by atoms with van der Waals surface area (Å²) in [7, 11) is 0. The average molecular weight is 181 g/mol. The molecule has 0 saturated carbocycles. The van der Waals surface area contributed by atoms with E-state index in [-0.39, 0.29) is 0 Å². The first kappa shape index (κ1) is 9.01. The third-order valence-corrected chi connectivity index (χ3v) is 2.22. The third kappa shape index (κ3) is 1.85. The smallest absolute Gasteiger partial charge is 0.00239 e. The van der Waals surface area contributed by atoms with E-state index in [0.29, 0.717) is 0 Å². The topological polar surface area (TPSA) is 0 Å². The van der Waals surface area contributed by atoms with Crippen molar-refractivity contribution in [2.45, 2.75) is 13.3 Å². The molecule has 0 amide bonds. The van der Waals surface area contributed by atoms with Gasteiger partial charge in [0.25, 0.3) is 0 Å². The van der Waals surface area contributed by atoms with Gasteiger partial charge in [0, 0.05) is 0 Å². The minimum absolute atomic E-state index is 1.06. The molecule has 0 N–H and O–H groups in total. The number of hydrogen-bond acceptors (Lipinski definition) is 0. The summed E-state index contributed by atoms with van der Waals surface area (Å²) >= 11 is 0. The molecule has 1 aliphatic carbocycles. The van der Waals surface area contributed by atoms with Crippen LogP contribution in [0.25, 0.3) is 5.57 Å². The van der Waals surface area contributed by atoms with Crippen LogP contribution in [0.3, 0.4) is 0 Å². The van der Waals surface area contributed by atoms with Crippen LogP contribution in [0.5, 0.6) is 0 Å². The maximum Gasteiger partial charge on any atom is -0.00239 e. The van der Waals surface area contributed by atoms with Gasteiger partial charge < -0.3 is 0 Å². The molecule has 0 heteroatoms. The van der Waals surface area contributed by atoms with Crippen molar-refractivity contribution in [1.82, 2.24) is 0 Å². The Hall–Kier alpha value is -1.56. The summed E-state index contributed by atoms with van der Waals surface area (Å²) in [6.45, 7) is 2.14. The summed E-state index contributed by atoms with van der Waals surface area (Å²) in [4.78, 5) is 0. The predicted molar refractivity (Wildman–Crippen MR) is 60.6 cm³/mol. The van der Waals surface area contributed by atoms with Gasteiger partial charge in [-0.15, -0.1) is 0 Å². The van der Waals surface area contributed by atoms with Gasteiger partial charge in [0.05, 0.1) is 0 Å². The number of hydrogen-bond donors (Lipinski definition) is 0. The molecule has 0 aliphatic heterocycles. The molecule has 1 aromatic carbocycles. The minimum Gasteiger partial charge on any atom is -0.0769 e. The van der Waals surface area contributed by atoms with Crippen molar-refractivity contribution < 1.29 is 0 Å². The normalized spacial score (nSPS) is 17.5. The lowest BCUT2D eigenvalue weighted by molar-refractivity contribution is 1.21. The quantitative estimate of drug-likeness (QED) is 0.651. The molecule has 0 unspecified atom stereocenters. The summed E-state index contributed by atoms with van der Waals surface area (Å²) < 4.78 is 0. The van der Waals surface area contributed by atoms with Crippen molar-refractivity contribution in [3.8, 4) is 0 Å². The SMILES string of the molecule is CCC=C1[C]=C(c2ccccc2)C=C1. The van der Waals surface area contributed by atoms with Gasteiger partial charge in [0.15, 0.2) is 0 Å². The summed E-state index contributed by atoms with van der Waals surface area (Å²) in [5.41, 5.74) is 3.62. The van der Waals surface area contributed by atoms with Gasteiger partial charge in [-0.05, 0) is 29.2 Å². The van der Waals surface area contributed by atoms with Crippen molar-refractivity contribution in [3.05, 3.63) is 65.8 Å². The fourth-order valence-electron chi connectivity index (χ4n) is 1.54. The Bertz CT molecular complexity index is 391. The molecule has 14 heavy (non-hydrogen) atoms. The van der Waals surface area contributed by atoms with Crippen LogP contribution in [0.4, 0.5) is 0 Å². The summed E-state index contributed by atoms with van der Waals surface area (Å²) in [6, 6.07) is 10.4. The Balaban J connectivity index is 2.28. The highest BCUT2D eigenvalue weighted by Gasteiger charge is 2.03. The van der Waals surface area contributed by atoms with E-state index in [2.05, 4.69) is 55.5 Å². The van der Waals surface area contributed by atoms with Crippen LogP contribution in [0.2, 0.25) is 0 Å². The van der Waals surface area contributed by atoms with Crippen LogP contribution in [-0.4, -0.2) is 0 Å². The lowest BCUT2D eigenvalue weighted by atomic mass is 10.1. The van der Waals surface area contributed by atoms with Gasteiger partial charge in [-0.3, -0.25) is 0 Å². The van der Waals surface area contributed by atoms with E-state index in [9.17, 15) is 0 Å². The van der Waals surface area contributed by atoms with E-state index in [0.717, 1.165) is 6.42 Å². The van der Waals surface area contributed by atoms with Crippen molar-refractivity contribution in [3.63, 3.8) is 0 Å². The van der Waals surface area contributed by atoms with Gasteiger partial charge in [0.1, 0.15) is 0 Å². The highest BCUT2D eigenvalue weighted by molar-refractivity contribution is 5.78. The zero-order chi connectivity index (χ0) is 9.80. The number of benzene rings is 1. The fraction of sp³-hybridized carbons (Fsp3) is 0.143. The van der Waals surface area contributed by atoms with Crippen LogP contribution in [0, 0.1) is 6.08 Å². The molecule has 0 nitrogen and oxygen atoms in total. The van der Waals surface area contributed by atoms with E-state index in [1.54, 1.807) is 0 Å². The molecular weight excluding hydrogens is 168 g/mol. The maximum absolute atomic E-state index is 3.37. The Morgan fingerprint density at radius 1 is 1.14 bits per heavy atom. The Morgan fingerprint density at radius 2 is 1.93 bits per heavy atom. The average Bonchev–Trinajstić information content (AvgIpc) is 2.68. The molecular formula is C14H13. The lowest BCUT2D eigenvalue weighted by Gasteiger charge is -1.96. The Labute approximate surface area is 85.3 Å². The molecule has 1 aliphatic rings. The highest BCUT2D eigenvalue weighted by Crippen LogP contribution is 2.23. The van der Waals surface area contributed by atoms with Crippen molar-refractivity contribution in [2.75, 3.05) is 0 Å². The van der Waals surface area contributed by atoms with E-state index < -0.39 is 0 Å². The fourth-order valence-corrected chi connectivity index (χ4v) is 1.54.